The van der Waals surface area contributed by atoms with Gasteiger partial charge in [0, 0.05) is 6.04 Å². The van der Waals surface area contributed by atoms with Crippen molar-refractivity contribution < 1.29 is 8.42 Å². The Bertz CT molecular complexity index is 298. The molecule has 102 valence electrons. The van der Waals surface area contributed by atoms with Gasteiger partial charge in [0.15, 0.2) is 0 Å². The van der Waals surface area contributed by atoms with Crippen molar-refractivity contribution in [2.24, 2.45) is 11.7 Å². The standard InChI is InChI=1S/C12H26N2O2S/c1-2-12(11-7-4-3-5-8-11)14-17(15,16)10-6-9-13/h11-12,14H,2-10,13H2,1H3. The number of hydrogen-bond acceptors (Lipinski definition) is 3. The predicted octanol–water partition coefficient (Wildman–Crippen LogP) is 1.61. The van der Waals surface area contributed by atoms with E-state index >= 15 is 0 Å². The van der Waals surface area contributed by atoms with Crippen molar-refractivity contribution in [3.63, 3.8) is 0 Å². The Balaban J connectivity index is 2.50. The van der Waals surface area contributed by atoms with E-state index in [2.05, 4.69) is 11.6 Å². The summed E-state index contributed by atoms with van der Waals surface area (Å²) in [7, 11) is -3.13. The second-order valence-corrected chi connectivity index (χ2v) is 6.87. The lowest BCUT2D eigenvalue weighted by Crippen LogP contribution is -2.41. The molecule has 1 atom stereocenters. The minimum absolute atomic E-state index is 0.123. The van der Waals surface area contributed by atoms with E-state index < -0.39 is 10.0 Å². The molecular formula is C12H26N2O2S. The van der Waals surface area contributed by atoms with Crippen LogP contribution in [0.1, 0.15) is 51.9 Å². The molecule has 5 heteroatoms. The summed E-state index contributed by atoms with van der Waals surface area (Å²) in [6.07, 6.45) is 7.53. The summed E-state index contributed by atoms with van der Waals surface area (Å²) < 4.78 is 26.5. The fourth-order valence-electron chi connectivity index (χ4n) is 2.61. The molecule has 1 rings (SSSR count). The van der Waals surface area contributed by atoms with Crippen LogP contribution < -0.4 is 10.5 Å². The minimum Gasteiger partial charge on any atom is -0.330 e. The average molecular weight is 262 g/mol. The first kappa shape index (κ1) is 14.9. The van der Waals surface area contributed by atoms with Gasteiger partial charge in [-0.1, -0.05) is 26.2 Å². The van der Waals surface area contributed by atoms with Crippen molar-refractivity contribution >= 4 is 10.0 Å². The molecule has 0 heterocycles. The largest absolute Gasteiger partial charge is 0.330 e. The third kappa shape index (κ3) is 5.36. The van der Waals surface area contributed by atoms with Crippen molar-refractivity contribution in [3.05, 3.63) is 0 Å². The maximum Gasteiger partial charge on any atom is 0.211 e. The zero-order valence-electron chi connectivity index (χ0n) is 10.8. The molecule has 1 fully saturated rings. The highest BCUT2D eigenvalue weighted by molar-refractivity contribution is 7.89. The molecule has 1 saturated carbocycles. The SMILES string of the molecule is CCC(NS(=O)(=O)CCCN)C1CCCCC1. The molecule has 17 heavy (non-hydrogen) atoms. The first-order valence-corrected chi connectivity index (χ1v) is 8.44. The van der Waals surface area contributed by atoms with Crippen molar-refractivity contribution in [1.29, 1.82) is 0 Å². The fraction of sp³-hybridized carbons (Fsp3) is 1.00. The van der Waals surface area contributed by atoms with E-state index in [1.165, 1.54) is 19.3 Å². The molecule has 4 nitrogen and oxygen atoms in total. The number of rotatable bonds is 7. The van der Waals surface area contributed by atoms with Gasteiger partial charge in [-0.2, -0.15) is 0 Å². The van der Waals surface area contributed by atoms with Gasteiger partial charge in [0.2, 0.25) is 10.0 Å². The van der Waals surface area contributed by atoms with Gasteiger partial charge in [-0.05, 0) is 38.1 Å². The van der Waals surface area contributed by atoms with Gasteiger partial charge in [0.05, 0.1) is 5.75 Å². The van der Waals surface area contributed by atoms with Crippen LogP contribution in [0.4, 0.5) is 0 Å². The number of sulfonamides is 1. The van der Waals surface area contributed by atoms with Gasteiger partial charge in [-0.3, -0.25) is 0 Å². The van der Waals surface area contributed by atoms with Crippen molar-refractivity contribution in [3.8, 4) is 0 Å². The summed E-state index contributed by atoms with van der Waals surface area (Å²) in [5.41, 5.74) is 5.35. The third-order valence-electron chi connectivity index (χ3n) is 3.61. The van der Waals surface area contributed by atoms with E-state index in [1.54, 1.807) is 0 Å². The van der Waals surface area contributed by atoms with Crippen LogP contribution in [0.2, 0.25) is 0 Å². The van der Waals surface area contributed by atoms with Crippen molar-refractivity contribution in [2.75, 3.05) is 12.3 Å². The molecular weight excluding hydrogens is 236 g/mol. The van der Waals surface area contributed by atoms with Crippen LogP contribution in [0.15, 0.2) is 0 Å². The molecule has 0 aromatic rings. The second kappa shape index (κ2) is 7.34. The van der Waals surface area contributed by atoms with Crippen LogP contribution in [-0.4, -0.2) is 26.8 Å². The van der Waals surface area contributed by atoms with E-state index in [-0.39, 0.29) is 11.8 Å². The average Bonchev–Trinajstić information content (AvgIpc) is 2.35. The molecule has 0 bridgehead atoms. The Hall–Kier alpha value is -0.130. The first-order chi connectivity index (χ1) is 8.09. The van der Waals surface area contributed by atoms with Crippen molar-refractivity contribution in [2.45, 2.75) is 57.9 Å². The molecule has 1 aliphatic rings. The molecule has 0 aliphatic heterocycles. The Kier molecular flexibility index (Phi) is 6.44. The van der Waals surface area contributed by atoms with E-state index in [0.717, 1.165) is 19.3 Å². The van der Waals surface area contributed by atoms with Crippen LogP contribution in [0, 0.1) is 5.92 Å². The molecule has 3 N–H and O–H groups in total. The van der Waals surface area contributed by atoms with E-state index in [1.807, 2.05) is 0 Å². The maximum atomic E-state index is 11.8. The molecule has 0 aromatic carbocycles. The summed E-state index contributed by atoms with van der Waals surface area (Å²) in [6.45, 7) is 2.49. The highest BCUT2D eigenvalue weighted by Crippen LogP contribution is 2.28. The van der Waals surface area contributed by atoms with Gasteiger partial charge < -0.3 is 5.73 Å². The summed E-state index contributed by atoms with van der Waals surface area (Å²) in [5, 5.41) is 0. The predicted molar refractivity (Wildman–Crippen MR) is 71.2 cm³/mol. The highest BCUT2D eigenvalue weighted by atomic mass is 32.2. The first-order valence-electron chi connectivity index (χ1n) is 6.79. The quantitative estimate of drug-likeness (QED) is 0.732. The van der Waals surface area contributed by atoms with Crippen LogP contribution in [0.25, 0.3) is 0 Å². The molecule has 0 spiro atoms. The topological polar surface area (TPSA) is 72.2 Å². The lowest BCUT2D eigenvalue weighted by molar-refractivity contribution is 0.285. The lowest BCUT2D eigenvalue weighted by Gasteiger charge is -2.30. The third-order valence-corrected chi connectivity index (χ3v) is 5.09. The highest BCUT2D eigenvalue weighted by Gasteiger charge is 2.25. The summed E-state index contributed by atoms with van der Waals surface area (Å²) in [6, 6.07) is 0.123. The molecule has 1 unspecified atom stereocenters. The Morgan fingerprint density at radius 3 is 2.47 bits per heavy atom. The van der Waals surface area contributed by atoms with Crippen LogP contribution in [0.3, 0.4) is 0 Å². The van der Waals surface area contributed by atoms with Crippen LogP contribution in [-0.2, 0) is 10.0 Å². The lowest BCUT2D eigenvalue weighted by atomic mass is 9.83. The Morgan fingerprint density at radius 2 is 1.94 bits per heavy atom. The number of nitrogens with two attached hydrogens (primary N) is 1. The summed E-state index contributed by atoms with van der Waals surface area (Å²) >= 11 is 0. The number of hydrogen-bond donors (Lipinski definition) is 2. The van der Waals surface area contributed by atoms with Gasteiger partial charge in [-0.25, -0.2) is 13.1 Å². The monoisotopic (exact) mass is 262 g/mol. The molecule has 0 radical (unpaired) electrons. The zero-order valence-corrected chi connectivity index (χ0v) is 11.6. The van der Waals surface area contributed by atoms with Crippen LogP contribution >= 0.6 is 0 Å². The van der Waals surface area contributed by atoms with Gasteiger partial charge in [-0.15, -0.1) is 0 Å². The smallest absolute Gasteiger partial charge is 0.211 e. The van der Waals surface area contributed by atoms with E-state index in [4.69, 9.17) is 5.73 Å². The maximum absolute atomic E-state index is 11.8. The second-order valence-electron chi connectivity index (χ2n) is 4.99. The molecule has 0 amide bonds. The van der Waals surface area contributed by atoms with Gasteiger partial charge in [0.1, 0.15) is 0 Å². The minimum atomic E-state index is -3.13. The molecule has 0 aromatic heterocycles. The van der Waals surface area contributed by atoms with Crippen molar-refractivity contribution in [1.82, 2.24) is 4.72 Å². The normalized spacial score (nSPS) is 20.4. The van der Waals surface area contributed by atoms with Crippen LogP contribution in [0.5, 0.6) is 0 Å². The van der Waals surface area contributed by atoms with E-state index in [0.29, 0.717) is 18.9 Å². The number of nitrogens with one attached hydrogen (secondary N) is 1. The van der Waals surface area contributed by atoms with E-state index in [9.17, 15) is 8.42 Å². The van der Waals surface area contributed by atoms with Gasteiger partial charge >= 0.3 is 0 Å². The van der Waals surface area contributed by atoms with Gasteiger partial charge in [0.25, 0.3) is 0 Å². The summed E-state index contributed by atoms with van der Waals surface area (Å²) in [4.78, 5) is 0. The molecule has 1 aliphatic carbocycles. The molecule has 0 saturated heterocycles. The fourth-order valence-corrected chi connectivity index (χ4v) is 4.10. The zero-order chi connectivity index (χ0) is 12.7. The Labute approximate surface area is 105 Å². The summed E-state index contributed by atoms with van der Waals surface area (Å²) in [5.74, 6) is 0.689. The Morgan fingerprint density at radius 1 is 1.29 bits per heavy atom.